The van der Waals surface area contributed by atoms with Crippen molar-refractivity contribution in [2.24, 2.45) is 5.92 Å². The Bertz CT molecular complexity index is 1380. The lowest BCUT2D eigenvalue weighted by molar-refractivity contribution is -0.872. The molecule has 1 N–H and O–H groups in total. The zero-order valence-electron chi connectivity index (χ0n) is 19.4. The molecule has 8 heteroatoms. The van der Waals surface area contributed by atoms with Gasteiger partial charge in [-0.1, -0.05) is 24.3 Å². The molecule has 3 aromatic rings. The van der Waals surface area contributed by atoms with E-state index in [1.807, 2.05) is 34.9 Å². The van der Waals surface area contributed by atoms with Crippen molar-refractivity contribution in [3.63, 3.8) is 0 Å². The molecule has 2 aliphatic heterocycles. The molecule has 1 saturated heterocycles. The van der Waals surface area contributed by atoms with Crippen LogP contribution in [0, 0.1) is 11.7 Å². The highest BCUT2D eigenvalue weighted by molar-refractivity contribution is 7.89. The molecule has 6 nitrogen and oxygen atoms in total. The van der Waals surface area contributed by atoms with Gasteiger partial charge in [0.25, 0.3) is 5.56 Å². The van der Waals surface area contributed by atoms with Crippen molar-refractivity contribution in [2.45, 2.75) is 30.3 Å². The Morgan fingerprint density at radius 3 is 2.41 bits per heavy atom. The number of halogens is 1. The van der Waals surface area contributed by atoms with Crippen molar-refractivity contribution >= 4 is 10.0 Å². The summed E-state index contributed by atoms with van der Waals surface area (Å²) in [6.07, 6.45) is 0.856. The van der Waals surface area contributed by atoms with Crippen LogP contribution in [0.2, 0.25) is 0 Å². The highest BCUT2D eigenvalue weighted by atomic mass is 32.2. The molecule has 0 saturated carbocycles. The Kier molecular flexibility index (Phi) is 5.91. The van der Waals surface area contributed by atoms with E-state index in [4.69, 9.17) is 0 Å². The molecule has 2 atom stereocenters. The van der Waals surface area contributed by atoms with Crippen LogP contribution in [0.25, 0.3) is 11.1 Å². The summed E-state index contributed by atoms with van der Waals surface area (Å²) in [7, 11) is 0.449. The van der Waals surface area contributed by atoms with Crippen molar-refractivity contribution < 1.29 is 17.7 Å². The highest BCUT2D eigenvalue weighted by Gasteiger charge is 2.39. The Morgan fingerprint density at radius 1 is 0.941 bits per heavy atom. The van der Waals surface area contributed by atoms with Crippen molar-refractivity contribution in [2.75, 3.05) is 27.2 Å². The second kappa shape index (κ2) is 8.76. The van der Waals surface area contributed by atoms with Crippen LogP contribution in [-0.4, -0.2) is 44.5 Å². The molecule has 178 valence electrons. The number of sulfonamides is 1. The van der Waals surface area contributed by atoms with E-state index < -0.39 is 15.8 Å². The van der Waals surface area contributed by atoms with Gasteiger partial charge < -0.3 is 9.47 Å². The third-order valence-electron chi connectivity index (χ3n) is 6.87. The fourth-order valence-electron chi connectivity index (χ4n) is 5.38. The zero-order chi connectivity index (χ0) is 24.0. The van der Waals surface area contributed by atoms with Crippen molar-refractivity contribution in [1.82, 2.24) is 8.87 Å². The van der Waals surface area contributed by atoms with E-state index in [0.29, 0.717) is 25.2 Å². The number of nitrogens with one attached hydrogen (secondary N) is 1. The number of pyridine rings is 1. The van der Waals surface area contributed by atoms with Crippen LogP contribution < -0.4 is 10.5 Å². The third-order valence-corrected chi connectivity index (χ3v) is 8.72. The van der Waals surface area contributed by atoms with Crippen molar-refractivity contribution in [3.05, 3.63) is 88.1 Å². The number of hydrogen-bond acceptors (Lipinski definition) is 3. The van der Waals surface area contributed by atoms with Gasteiger partial charge in [0.1, 0.15) is 12.4 Å². The molecule has 3 heterocycles. The molecule has 0 amide bonds. The van der Waals surface area contributed by atoms with Gasteiger partial charge in [-0.05, 0) is 54.3 Å². The quantitative estimate of drug-likeness (QED) is 0.606. The summed E-state index contributed by atoms with van der Waals surface area (Å²) in [6.45, 7) is 1.98. The lowest BCUT2D eigenvalue weighted by Gasteiger charge is -2.42. The Labute approximate surface area is 199 Å². The third kappa shape index (κ3) is 4.10. The smallest absolute Gasteiger partial charge is 0.258 e. The predicted molar refractivity (Wildman–Crippen MR) is 129 cm³/mol. The number of rotatable bonds is 5. The fraction of sp³-hybridized carbons (Fsp3) is 0.346. The summed E-state index contributed by atoms with van der Waals surface area (Å²) in [5, 5.41) is 0. The number of aromatic nitrogens is 1. The molecule has 1 fully saturated rings. The van der Waals surface area contributed by atoms with Crippen molar-refractivity contribution in [3.8, 4) is 11.1 Å². The van der Waals surface area contributed by atoms with Gasteiger partial charge in [-0.3, -0.25) is 4.79 Å². The molecule has 2 bridgehead atoms. The van der Waals surface area contributed by atoms with Gasteiger partial charge in [0.2, 0.25) is 10.0 Å². The molecule has 0 aliphatic carbocycles. The van der Waals surface area contributed by atoms with E-state index in [1.54, 1.807) is 0 Å². The van der Waals surface area contributed by atoms with E-state index in [9.17, 15) is 17.6 Å². The van der Waals surface area contributed by atoms with E-state index in [2.05, 4.69) is 20.2 Å². The Hall–Kier alpha value is -2.81. The largest absolute Gasteiger partial charge is 0.336 e. The van der Waals surface area contributed by atoms with Gasteiger partial charge in [-0.2, -0.15) is 4.31 Å². The summed E-state index contributed by atoms with van der Waals surface area (Å²) < 4.78 is 43.1. The van der Waals surface area contributed by atoms with Gasteiger partial charge in [0.05, 0.1) is 19.0 Å². The van der Waals surface area contributed by atoms with E-state index in [-0.39, 0.29) is 22.3 Å². The molecular weight excluding hydrogens is 453 g/mol. The van der Waals surface area contributed by atoms with E-state index in [0.717, 1.165) is 29.8 Å². The summed E-state index contributed by atoms with van der Waals surface area (Å²) in [5.41, 5.74) is 3.66. The molecule has 0 radical (unpaired) electrons. The second-order valence-corrected chi connectivity index (χ2v) is 11.6. The van der Waals surface area contributed by atoms with E-state index >= 15 is 0 Å². The normalized spacial score (nSPS) is 20.4. The van der Waals surface area contributed by atoms with E-state index in [1.165, 1.54) is 33.5 Å². The van der Waals surface area contributed by atoms with Crippen LogP contribution in [0.4, 0.5) is 4.39 Å². The van der Waals surface area contributed by atoms with Crippen LogP contribution in [0.1, 0.15) is 23.6 Å². The van der Waals surface area contributed by atoms with Crippen LogP contribution in [0.15, 0.2) is 70.4 Å². The average Bonchev–Trinajstić information content (AvgIpc) is 2.80. The fourth-order valence-corrected chi connectivity index (χ4v) is 6.94. The number of benzene rings is 2. The first kappa shape index (κ1) is 23.0. The first-order valence-corrected chi connectivity index (χ1v) is 13.0. The lowest BCUT2D eigenvalue weighted by atomic mass is 9.83. The number of nitrogens with zero attached hydrogens (tertiary/aromatic N) is 2. The Morgan fingerprint density at radius 2 is 1.68 bits per heavy atom. The number of hydrogen-bond donors (Lipinski definition) is 1. The topological polar surface area (TPSA) is 63.8 Å². The summed E-state index contributed by atoms with van der Waals surface area (Å²) in [6, 6.07) is 16.9. The summed E-state index contributed by atoms with van der Waals surface area (Å²) >= 11 is 0. The maximum absolute atomic E-state index is 13.6. The molecular formula is C26H29FN3O3S+. The lowest BCUT2D eigenvalue weighted by Crippen LogP contribution is -3.04. The van der Waals surface area contributed by atoms with Crippen molar-refractivity contribution in [1.29, 1.82) is 0 Å². The van der Waals surface area contributed by atoms with Gasteiger partial charge in [-0.25, -0.2) is 12.8 Å². The molecule has 0 spiro atoms. The standard InChI is InChI=1S/C26H28FN3O3S/c1-28(2)16-19-5-3-4-6-23(19)24-11-12-25-20-13-18(15-30(25)26(24)31)14-29(17-20)34(32,33)22-9-7-21(27)8-10-22/h3-12,18,20H,13-17H2,1-2H3/p+1/t18-,20+/m0/s1. The van der Waals surface area contributed by atoms with Gasteiger partial charge >= 0.3 is 0 Å². The Balaban J connectivity index is 1.49. The first-order valence-electron chi connectivity index (χ1n) is 11.6. The molecule has 1 aromatic heterocycles. The molecule has 2 aliphatic rings. The second-order valence-electron chi connectivity index (χ2n) is 9.70. The molecule has 0 unspecified atom stereocenters. The first-order chi connectivity index (χ1) is 16.2. The molecule has 2 aromatic carbocycles. The summed E-state index contributed by atoms with van der Waals surface area (Å²) in [4.78, 5) is 15.0. The maximum Gasteiger partial charge on any atom is 0.258 e. The van der Waals surface area contributed by atoms with Crippen LogP contribution >= 0.6 is 0 Å². The minimum atomic E-state index is -3.72. The minimum Gasteiger partial charge on any atom is -0.336 e. The van der Waals surface area contributed by atoms with Gasteiger partial charge in [0, 0.05) is 42.4 Å². The van der Waals surface area contributed by atoms with Crippen LogP contribution in [0.5, 0.6) is 0 Å². The number of piperidine rings is 1. The number of fused-ring (bicyclic) bond motifs is 4. The monoisotopic (exact) mass is 482 g/mol. The minimum absolute atomic E-state index is 0.0109. The zero-order valence-corrected chi connectivity index (χ0v) is 20.2. The maximum atomic E-state index is 13.6. The van der Waals surface area contributed by atoms with Crippen LogP contribution in [0.3, 0.4) is 0 Å². The average molecular weight is 483 g/mol. The highest BCUT2D eigenvalue weighted by Crippen LogP contribution is 2.38. The van der Waals surface area contributed by atoms with Crippen LogP contribution in [-0.2, 0) is 23.1 Å². The van der Waals surface area contributed by atoms with Gasteiger partial charge in [-0.15, -0.1) is 0 Å². The SMILES string of the molecule is C[NH+](C)Cc1ccccc1-c1ccc2n(c1=O)C[C@H]1C[C@@H]2CN(S(=O)(=O)c2ccc(F)cc2)C1. The van der Waals surface area contributed by atoms with Gasteiger partial charge in [0.15, 0.2) is 0 Å². The number of quaternary nitrogens is 1. The molecule has 5 rings (SSSR count). The summed E-state index contributed by atoms with van der Waals surface area (Å²) in [5.74, 6) is -0.464. The predicted octanol–water partition coefficient (Wildman–Crippen LogP) is 2.11. The molecule has 34 heavy (non-hydrogen) atoms.